The second-order valence-electron chi connectivity index (χ2n) is 6.55. The Balaban J connectivity index is 1.94. The summed E-state index contributed by atoms with van der Waals surface area (Å²) in [5.41, 5.74) is 1.08. The van der Waals surface area contributed by atoms with E-state index >= 15 is 0 Å². The SMILES string of the molecule is CCn1c(=O)c2c(nc3n2CC(C)=NN3Cc2ccccc2F)n(C)c1=O. The molecule has 3 heterocycles. The van der Waals surface area contributed by atoms with Gasteiger partial charge in [-0.1, -0.05) is 18.2 Å². The van der Waals surface area contributed by atoms with Crippen LogP contribution in [-0.2, 0) is 26.7 Å². The van der Waals surface area contributed by atoms with E-state index in [0.717, 1.165) is 5.71 Å². The molecule has 1 aliphatic heterocycles. The lowest BCUT2D eigenvalue weighted by Crippen LogP contribution is -2.39. The first-order valence-electron chi connectivity index (χ1n) is 8.67. The van der Waals surface area contributed by atoms with E-state index in [0.29, 0.717) is 29.2 Å². The minimum absolute atomic E-state index is 0.170. The summed E-state index contributed by atoms with van der Waals surface area (Å²) in [4.78, 5) is 29.8. The molecule has 0 saturated heterocycles. The largest absolute Gasteiger partial charge is 0.332 e. The van der Waals surface area contributed by atoms with Crippen LogP contribution in [0.3, 0.4) is 0 Å². The fraction of sp³-hybridized carbons (Fsp3) is 0.333. The van der Waals surface area contributed by atoms with Gasteiger partial charge in [-0.15, -0.1) is 0 Å². The molecule has 0 bridgehead atoms. The zero-order valence-corrected chi connectivity index (χ0v) is 15.3. The molecule has 3 aromatic rings. The van der Waals surface area contributed by atoms with Crippen LogP contribution in [0.5, 0.6) is 0 Å². The van der Waals surface area contributed by atoms with E-state index in [1.54, 1.807) is 41.7 Å². The molecule has 2 aromatic heterocycles. The molecular weight excluding hydrogens is 351 g/mol. The van der Waals surface area contributed by atoms with Gasteiger partial charge in [0.1, 0.15) is 5.82 Å². The molecule has 0 amide bonds. The van der Waals surface area contributed by atoms with E-state index < -0.39 is 5.69 Å². The van der Waals surface area contributed by atoms with E-state index in [1.165, 1.54) is 15.2 Å². The maximum atomic E-state index is 14.1. The number of aromatic nitrogens is 4. The van der Waals surface area contributed by atoms with Gasteiger partial charge in [-0.3, -0.25) is 18.5 Å². The predicted octanol–water partition coefficient (Wildman–Crippen LogP) is 1.45. The number of hydrogen-bond donors (Lipinski definition) is 0. The van der Waals surface area contributed by atoms with Crippen LogP contribution in [0.25, 0.3) is 11.2 Å². The number of rotatable bonds is 3. The molecule has 9 heteroatoms. The molecule has 0 radical (unpaired) electrons. The Hall–Kier alpha value is -3.23. The minimum atomic E-state index is -0.413. The number of anilines is 1. The topological polar surface area (TPSA) is 77.4 Å². The highest BCUT2D eigenvalue weighted by Gasteiger charge is 2.26. The van der Waals surface area contributed by atoms with Gasteiger partial charge < -0.3 is 0 Å². The van der Waals surface area contributed by atoms with Crippen LogP contribution in [0.1, 0.15) is 19.4 Å². The number of benzene rings is 1. The summed E-state index contributed by atoms with van der Waals surface area (Å²) in [6.45, 7) is 4.41. The summed E-state index contributed by atoms with van der Waals surface area (Å²) in [6, 6.07) is 6.46. The summed E-state index contributed by atoms with van der Waals surface area (Å²) in [5, 5.41) is 6.05. The van der Waals surface area contributed by atoms with Crippen LogP contribution in [0.4, 0.5) is 10.3 Å². The molecular formula is C18H19FN6O2. The average Bonchev–Trinajstić information content (AvgIpc) is 3.02. The second kappa shape index (κ2) is 6.19. The third kappa shape index (κ3) is 2.57. The number of imidazole rings is 1. The van der Waals surface area contributed by atoms with Gasteiger partial charge in [0.15, 0.2) is 11.2 Å². The maximum absolute atomic E-state index is 14.1. The Bertz CT molecular complexity index is 1200. The highest BCUT2D eigenvalue weighted by atomic mass is 19.1. The highest BCUT2D eigenvalue weighted by Crippen LogP contribution is 2.25. The molecule has 1 aromatic carbocycles. The number of hydrogen-bond acceptors (Lipinski definition) is 5. The van der Waals surface area contributed by atoms with Gasteiger partial charge in [-0.05, 0) is 19.9 Å². The van der Waals surface area contributed by atoms with Gasteiger partial charge in [-0.25, -0.2) is 14.2 Å². The molecule has 0 N–H and O–H groups in total. The summed E-state index contributed by atoms with van der Waals surface area (Å²) < 4.78 is 18.4. The number of hydrazone groups is 1. The van der Waals surface area contributed by atoms with Crippen molar-refractivity contribution in [3.8, 4) is 0 Å². The zero-order chi connectivity index (χ0) is 19.3. The normalized spacial score (nSPS) is 13.8. The van der Waals surface area contributed by atoms with Crippen molar-refractivity contribution < 1.29 is 4.39 Å². The van der Waals surface area contributed by atoms with Gasteiger partial charge in [0.2, 0.25) is 5.95 Å². The molecule has 0 atom stereocenters. The first kappa shape index (κ1) is 17.2. The molecule has 0 aliphatic carbocycles. The molecule has 27 heavy (non-hydrogen) atoms. The third-order valence-corrected chi connectivity index (χ3v) is 4.72. The van der Waals surface area contributed by atoms with Gasteiger partial charge in [-0.2, -0.15) is 10.1 Å². The molecule has 0 saturated carbocycles. The van der Waals surface area contributed by atoms with Gasteiger partial charge in [0.05, 0.1) is 18.8 Å². The van der Waals surface area contributed by atoms with E-state index in [-0.39, 0.29) is 24.5 Å². The molecule has 0 spiro atoms. The fourth-order valence-corrected chi connectivity index (χ4v) is 3.39. The Kier molecular flexibility index (Phi) is 3.94. The standard InChI is InChI=1S/C18H19FN6O2/c1-4-23-16(26)14-15(22(3)18(23)27)20-17-24(14)9-11(2)21-25(17)10-12-7-5-6-8-13(12)19/h5-8H,4,9-10H2,1-3H3. The Labute approximate surface area is 153 Å². The van der Waals surface area contributed by atoms with Crippen LogP contribution < -0.4 is 16.3 Å². The van der Waals surface area contributed by atoms with E-state index in [2.05, 4.69) is 10.1 Å². The van der Waals surface area contributed by atoms with Crippen molar-refractivity contribution in [3.63, 3.8) is 0 Å². The lowest BCUT2D eigenvalue weighted by molar-refractivity contribution is 0.600. The third-order valence-electron chi connectivity index (χ3n) is 4.72. The van der Waals surface area contributed by atoms with E-state index in [4.69, 9.17) is 0 Å². The summed E-state index contributed by atoms with van der Waals surface area (Å²) >= 11 is 0. The van der Waals surface area contributed by atoms with Crippen molar-refractivity contribution >= 4 is 22.8 Å². The Morgan fingerprint density at radius 3 is 2.67 bits per heavy atom. The van der Waals surface area contributed by atoms with Gasteiger partial charge >= 0.3 is 5.69 Å². The monoisotopic (exact) mass is 370 g/mol. The van der Waals surface area contributed by atoms with Crippen molar-refractivity contribution in [3.05, 3.63) is 56.5 Å². The first-order chi connectivity index (χ1) is 12.9. The van der Waals surface area contributed by atoms with Crippen LogP contribution in [0, 0.1) is 5.82 Å². The van der Waals surface area contributed by atoms with Crippen molar-refractivity contribution in [1.29, 1.82) is 0 Å². The van der Waals surface area contributed by atoms with Crippen molar-refractivity contribution in [2.75, 3.05) is 5.01 Å². The number of nitrogens with zero attached hydrogens (tertiary/aromatic N) is 6. The first-order valence-corrected chi connectivity index (χ1v) is 8.67. The van der Waals surface area contributed by atoms with Crippen LogP contribution in [0.15, 0.2) is 39.0 Å². The van der Waals surface area contributed by atoms with Crippen LogP contribution >= 0.6 is 0 Å². The molecule has 4 rings (SSSR count). The Morgan fingerprint density at radius 1 is 1.22 bits per heavy atom. The van der Waals surface area contributed by atoms with Gasteiger partial charge in [0, 0.05) is 19.2 Å². The van der Waals surface area contributed by atoms with Crippen molar-refractivity contribution in [2.45, 2.75) is 33.5 Å². The van der Waals surface area contributed by atoms with Crippen LogP contribution in [-0.4, -0.2) is 24.4 Å². The van der Waals surface area contributed by atoms with Gasteiger partial charge in [0.25, 0.3) is 5.56 Å². The molecule has 140 valence electrons. The number of halogens is 1. The summed E-state index contributed by atoms with van der Waals surface area (Å²) in [7, 11) is 1.59. The quantitative estimate of drug-likeness (QED) is 0.699. The lowest BCUT2D eigenvalue weighted by Gasteiger charge is -2.25. The van der Waals surface area contributed by atoms with Crippen molar-refractivity contribution in [1.82, 2.24) is 18.7 Å². The zero-order valence-electron chi connectivity index (χ0n) is 15.3. The molecule has 8 nitrogen and oxygen atoms in total. The predicted molar refractivity (Wildman–Crippen MR) is 101 cm³/mol. The minimum Gasteiger partial charge on any atom is -0.297 e. The van der Waals surface area contributed by atoms with E-state index in [1.807, 2.05) is 6.92 Å². The van der Waals surface area contributed by atoms with E-state index in [9.17, 15) is 14.0 Å². The summed E-state index contributed by atoms with van der Waals surface area (Å²) in [6.07, 6.45) is 0. The second-order valence-corrected chi connectivity index (χ2v) is 6.55. The maximum Gasteiger partial charge on any atom is 0.332 e. The molecule has 0 fully saturated rings. The highest BCUT2D eigenvalue weighted by molar-refractivity contribution is 5.87. The smallest absolute Gasteiger partial charge is 0.297 e. The fourth-order valence-electron chi connectivity index (χ4n) is 3.39. The van der Waals surface area contributed by atoms with Crippen molar-refractivity contribution in [2.24, 2.45) is 12.1 Å². The average molecular weight is 370 g/mol. The number of fused-ring (bicyclic) bond motifs is 3. The molecule has 1 aliphatic rings. The van der Waals surface area contributed by atoms with Crippen LogP contribution in [0.2, 0.25) is 0 Å². The number of aryl methyl sites for hydroxylation is 1. The molecule has 0 unspecified atom stereocenters. The Morgan fingerprint density at radius 2 is 1.96 bits per heavy atom. The lowest BCUT2D eigenvalue weighted by atomic mass is 10.2. The summed E-state index contributed by atoms with van der Waals surface area (Å²) in [5.74, 6) is 0.0825.